The fourth-order valence-corrected chi connectivity index (χ4v) is 2.06. The van der Waals surface area contributed by atoms with Crippen LogP contribution in [0.15, 0.2) is 18.2 Å². The fraction of sp³-hybridized carbons (Fsp3) is 0.250. The van der Waals surface area contributed by atoms with Crippen molar-refractivity contribution in [2.75, 3.05) is 0 Å². The van der Waals surface area contributed by atoms with Crippen LogP contribution in [-0.2, 0) is 13.6 Å². The Morgan fingerprint density at radius 2 is 2.18 bits per heavy atom. The zero-order valence-electron chi connectivity index (χ0n) is 9.67. The van der Waals surface area contributed by atoms with E-state index in [1.165, 1.54) is 12.1 Å². The van der Waals surface area contributed by atoms with Gasteiger partial charge in [-0.2, -0.15) is 5.10 Å². The van der Waals surface area contributed by atoms with Crippen molar-refractivity contribution in [3.8, 4) is 11.3 Å². The number of aromatic nitrogens is 2. The SMILES string of the molecule is Cc1c(-c2cc(Cl)ccc2F)nn(C)c1CN. The Bertz CT molecular complexity index is 563. The molecule has 0 aliphatic heterocycles. The second-order valence-corrected chi connectivity index (χ2v) is 4.31. The first-order chi connectivity index (χ1) is 8.04. The largest absolute Gasteiger partial charge is 0.325 e. The van der Waals surface area contributed by atoms with Crippen LogP contribution in [0.5, 0.6) is 0 Å². The van der Waals surface area contributed by atoms with E-state index in [9.17, 15) is 4.39 Å². The molecule has 3 nitrogen and oxygen atoms in total. The van der Waals surface area contributed by atoms with Crippen LogP contribution >= 0.6 is 11.6 Å². The molecular formula is C12H13ClFN3. The highest BCUT2D eigenvalue weighted by molar-refractivity contribution is 6.30. The number of halogens is 2. The van der Waals surface area contributed by atoms with E-state index >= 15 is 0 Å². The number of aryl methyl sites for hydroxylation is 1. The molecule has 0 amide bonds. The molecule has 1 heterocycles. The average molecular weight is 254 g/mol. The van der Waals surface area contributed by atoms with Gasteiger partial charge >= 0.3 is 0 Å². The van der Waals surface area contributed by atoms with Crippen molar-refractivity contribution in [2.24, 2.45) is 12.8 Å². The molecule has 1 aromatic heterocycles. The summed E-state index contributed by atoms with van der Waals surface area (Å²) in [6.07, 6.45) is 0. The number of nitrogens with two attached hydrogens (primary N) is 1. The molecule has 0 unspecified atom stereocenters. The van der Waals surface area contributed by atoms with Crippen LogP contribution in [0.1, 0.15) is 11.3 Å². The molecule has 0 bridgehead atoms. The third-order valence-electron chi connectivity index (χ3n) is 2.81. The van der Waals surface area contributed by atoms with E-state index in [1.807, 2.05) is 6.92 Å². The van der Waals surface area contributed by atoms with Gasteiger partial charge in [0.2, 0.25) is 0 Å². The Hall–Kier alpha value is -1.39. The molecule has 0 spiro atoms. The van der Waals surface area contributed by atoms with Crippen LogP contribution in [0.3, 0.4) is 0 Å². The number of nitrogens with zero attached hydrogens (tertiary/aromatic N) is 2. The van der Waals surface area contributed by atoms with Gasteiger partial charge in [0.15, 0.2) is 0 Å². The zero-order chi connectivity index (χ0) is 12.6. The van der Waals surface area contributed by atoms with Gasteiger partial charge in [-0.25, -0.2) is 4.39 Å². The number of benzene rings is 1. The lowest BCUT2D eigenvalue weighted by Crippen LogP contribution is -2.05. The van der Waals surface area contributed by atoms with Gasteiger partial charge in [0, 0.05) is 24.2 Å². The normalized spacial score (nSPS) is 10.9. The van der Waals surface area contributed by atoms with Crippen LogP contribution in [0.2, 0.25) is 5.02 Å². The van der Waals surface area contributed by atoms with Crippen molar-refractivity contribution in [3.05, 3.63) is 40.3 Å². The average Bonchev–Trinajstić information content (AvgIpc) is 2.57. The molecular weight excluding hydrogens is 241 g/mol. The summed E-state index contributed by atoms with van der Waals surface area (Å²) in [4.78, 5) is 0. The topological polar surface area (TPSA) is 43.8 Å². The van der Waals surface area contributed by atoms with Crippen molar-refractivity contribution in [3.63, 3.8) is 0 Å². The summed E-state index contributed by atoms with van der Waals surface area (Å²) in [5, 5.41) is 4.78. The number of hydrogen-bond donors (Lipinski definition) is 1. The monoisotopic (exact) mass is 253 g/mol. The maximum atomic E-state index is 13.7. The molecule has 0 saturated carbocycles. The minimum absolute atomic E-state index is 0.334. The molecule has 0 aliphatic carbocycles. The van der Waals surface area contributed by atoms with E-state index in [0.29, 0.717) is 22.8 Å². The summed E-state index contributed by atoms with van der Waals surface area (Å²) < 4.78 is 15.4. The molecule has 2 N–H and O–H groups in total. The van der Waals surface area contributed by atoms with Gasteiger partial charge in [0.05, 0.1) is 11.4 Å². The molecule has 2 rings (SSSR count). The molecule has 0 radical (unpaired) electrons. The van der Waals surface area contributed by atoms with Gasteiger partial charge in [-0.3, -0.25) is 4.68 Å². The Balaban J connectivity index is 2.64. The maximum absolute atomic E-state index is 13.7. The summed E-state index contributed by atoms with van der Waals surface area (Å²) in [7, 11) is 1.79. The summed E-state index contributed by atoms with van der Waals surface area (Å²) in [5.41, 5.74) is 8.40. The van der Waals surface area contributed by atoms with Gasteiger partial charge in [0.1, 0.15) is 5.82 Å². The molecule has 0 atom stereocenters. The van der Waals surface area contributed by atoms with E-state index in [-0.39, 0.29) is 5.82 Å². The summed E-state index contributed by atoms with van der Waals surface area (Å²) in [6, 6.07) is 4.43. The molecule has 2 aromatic rings. The summed E-state index contributed by atoms with van der Waals surface area (Å²) in [5.74, 6) is -0.334. The van der Waals surface area contributed by atoms with Crippen molar-refractivity contribution >= 4 is 11.6 Å². The quantitative estimate of drug-likeness (QED) is 0.894. The third-order valence-corrected chi connectivity index (χ3v) is 3.04. The van der Waals surface area contributed by atoms with Gasteiger partial charge in [-0.1, -0.05) is 11.6 Å². The molecule has 1 aromatic carbocycles. The van der Waals surface area contributed by atoms with E-state index in [4.69, 9.17) is 17.3 Å². The highest BCUT2D eigenvalue weighted by Gasteiger charge is 2.16. The molecule has 0 saturated heterocycles. The first-order valence-corrected chi connectivity index (χ1v) is 5.60. The Morgan fingerprint density at radius 3 is 2.76 bits per heavy atom. The number of hydrogen-bond acceptors (Lipinski definition) is 2. The first kappa shape index (κ1) is 12.1. The lowest BCUT2D eigenvalue weighted by molar-refractivity contribution is 0.629. The number of rotatable bonds is 2. The van der Waals surface area contributed by atoms with Crippen LogP contribution in [0.4, 0.5) is 4.39 Å². The second-order valence-electron chi connectivity index (χ2n) is 3.87. The standard InChI is InChI=1S/C12H13ClFN3/c1-7-11(6-15)17(2)16-12(7)9-5-8(13)3-4-10(9)14/h3-5H,6,15H2,1-2H3. The Kier molecular flexibility index (Phi) is 3.17. The van der Waals surface area contributed by atoms with Crippen molar-refractivity contribution < 1.29 is 4.39 Å². The van der Waals surface area contributed by atoms with E-state index < -0.39 is 0 Å². The maximum Gasteiger partial charge on any atom is 0.132 e. The lowest BCUT2D eigenvalue weighted by atomic mass is 10.1. The zero-order valence-corrected chi connectivity index (χ0v) is 10.4. The first-order valence-electron chi connectivity index (χ1n) is 5.22. The van der Waals surface area contributed by atoms with Crippen LogP contribution in [0, 0.1) is 12.7 Å². The van der Waals surface area contributed by atoms with Gasteiger partial charge in [-0.05, 0) is 30.7 Å². The summed E-state index contributed by atoms with van der Waals surface area (Å²) >= 11 is 5.87. The molecule has 17 heavy (non-hydrogen) atoms. The third kappa shape index (κ3) is 2.06. The van der Waals surface area contributed by atoms with Crippen molar-refractivity contribution in [2.45, 2.75) is 13.5 Å². The van der Waals surface area contributed by atoms with Gasteiger partial charge < -0.3 is 5.73 Å². The van der Waals surface area contributed by atoms with E-state index in [1.54, 1.807) is 17.8 Å². The second kappa shape index (κ2) is 4.47. The van der Waals surface area contributed by atoms with Crippen molar-refractivity contribution in [1.29, 1.82) is 0 Å². The van der Waals surface area contributed by atoms with Gasteiger partial charge in [0.25, 0.3) is 0 Å². The highest BCUT2D eigenvalue weighted by atomic mass is 35.5. The predicted octanol–water partition coefficient (Wildman–Crippen LogP) is 2.65. The minimum atomic E-state index is -0.334. The Labute approximate surface area is 104 Å². The lowest BCUT2D eigenvalue weighted by Gasteiger charge is -2.02. The molecule has 5 heteroatoms. The molecule has 0 aliphatic rings. The van der Waals surface area contributed by atoms with Crippen LogP contribution in [-0.4, -0.2) is 9.78 Å². The Morgan fingerprint density at radius 1 is 1.47 bits per heavy atom. The van der Waals surface area contributed by atoms with Crippen LogP contribution < -0.4 is 5.73 Å². The van der Waals surface area contributed by atoms with Crippen molar-refractivity contribution in [1.82, 2.24) is 9.78 Å². The summed E-state index contributed by atoms with van der Waals surface area (Å²) in [6.45, 7) is 2.25. The smallest absolute Gasteiger partial charge is 0.132 e. The highest BCUT2D eigenvalue weighted by Crippen LogP contribution is 2.28. The van der Waals surface area contributed by atoms with E-state index in [0.717, 1.165) is 11.3 Å². The van der Waals surface area contributed by atoms with E-state index in [2.05, 4.69) is 5.10 Å². The van der Waals surface area contributed by atoms with Crippen LogP contribution in [0.25, 0.3) is 11.3 Å². The fourth-order valence-electron chi connectivity index (χ4n) is 1.88. The van der Waals surface area contributed by atoms with Gasteiger partial charge in [-0.15, -0.1) is 0 Å². The molecule has 90 valence electrons. The minimum Gasteiger partial charge on any atom is -0.325 e. The predicted molar refractivity (Wildman–Crippen MR) is 66.2 cm³/mol. The molecule has 0 fully saturated rings.